The van der Waals surface area contributed by atoms with Crippen LogP contribution >= 0.6 is 27.3 Å². The number of carbonyl (C=O) groups is 1. The smallest absolute Gasteiger partial charge is 0.230 e. The zero-order valence-electron chi connectivity index (χ0n) is 13.7. The molecular weight excluding hydrogens is 400 g/mol. The van der Waals surface area contributed by atoms with Crippen LogP contribution < -0.4 is 10.1 Å². The lowest BCUT2D eigenvalue weighted by Gasteiger charge is -2.04. The first kappa shape index (κ1) is 17.6. The van der Waals surface area contributed by atoms with Crippen molar-refractivity contribution in [3.63, 3.8) is 0 Å². The first-order valence-corrected chi connectivity index (χ1v) is 9.54. The van der Waals surface area contributed by atoms with Gasteiger partial charge in [-0.15, -0.1) is 11.3 Å². The van der Waals surface area contributed by atoms with Crippen LogP contribution in [0.4, 0.5) is 5.69 Å². The van der Waals surface area contributed by atoms with Crippen LogP contribution in [0.1, 0.15) is 12.6 Å². The maximum absolute atomic E-state index is 12.2. The average molecular weight is 417 g/mol. The molecule has 128 valence electrons. The van der Waals surface area contributed by atoms with Crippen molar-refractivity contribution in [3.8, 4) is 16.3 Å². The van der Waals surface area contributed by atoms with Crippen LogP contribution in [0.3, 0.4) is 0 Å². The minimum absolute atomic E-state index is 0.0818. The van der Waals surface area contributed by atoms with Crippen molar-refractivity contribution in [2.45, 2.75) is 13.3 Å². The van der Waals surface area contributed by atoms with Crippen molar-refractivity contribution in [1.29, 1.82) is 0 Å². The van der Waals surface area contributed by atoms with Crippen molar-refractivity contribution in [2.75, 3.05) is 11.9 Å². The Kier molecular flexibility index (Phi) is 5.83. The number of aromatic nitrogens is 1. The van der Waals surface area contributed by atoms with Crippen LogP contribution in [0, 0.1) is 0 Å². The highest BCUT2D eigenvalue weighted by molar-refractivity contribution is 9.10. The number of hydrogen-bond donors (Lipinski definition) is 1. The van der Waals surface area contributed by atoms with E-state index in [1.54, 1.807) is 0 Å². The van der Waals surface area contributed by atoms with Gasteiger partial charge >= 0.3 is 0 Å². The summed E-state index contributed by atoms with van der Waals surface area (Å²) < 4.78 is 6.37. The normalized spacial score (nSPS) is 10.5. The maximum atomic E-state index is 12.2. The molecule has 1 amide bonds. The Morgan fingerprint density at radius 3 is 2.76 bits per heavy atom. The highest BCUT2D eigenvalue weighted by atomic mass is 79.9. The molecule has 0 radical (unpaired) electrons. The van der Waals surface area contributed by atoms with Gasteiger partial charge in [-0.05, 0) is 49.4 Å². The molecule has 0 saturated heterocycles. The summed E-state index contributed by atoms with van der Waals surface area (Å²) in [5.41, 5.74) is 2.55. The van der Waals surface area contributed by atoms with Gasteiger partial charge in [0.25, 0.3) is 0 Å². The number of thiazole rings is 1. The van der Waals surface area contributed by atoms with Crippen LogP contribution in [0.25, 0.3) is 10.6 Å². The van der Waals surface area contributed by atoms with Crippen molar-refractivity contribution < 1.29 is 9.53 Å². The Morgan fingerprint density at radius 1 is 1.24 bits per heavy atom. The second-order valence-corrected chi connectivity index (χ2v) is 7.11. The Hall–Kier alpha value is -2.18. The molecule has 0 spiro atoms. The summed E-state index contributed by atoms with van der Waals surface area (Å²) in [6, 6.07) is 15.3. The molecule has 0 aliphatic carbocycles. The number of benzene rings is 2. The summed E-state index contributed by atoms with van der Waals surface area (Å²) in [4.78, 5) is 16.7. The maximum Gasteiger partial charge on any atom is 0.230 e. The summed E-state index contributed by atoms with van der Waals surface area (Å²) >= 11 is 4.93. The second kappa shape index (κ2) is 8.27. The van der Waals surface area contributed by atoms with Crippen LogP contribution in [-0.2, 0) is 11.2 Å². The molecule has 6 heteroatoms. The van der Waals surface area contributed by atoms with E-state index in [4.69, 9.17) is 4.74 Å². The number of carbonyl (C=O) groups excluding carboxylic acids is 1. The fraction of sp³-hybridized carbons (Fsp3) is 0.158. The Balaban J connectivity index is 1.64. The third-order valence-corrected chi connectivity index (χ3v) is 4.85. The fourth-order valence-electron chi connectivity index (χ4n) is 2.32. The van der Waals surface area contributed by atoms with Crippen molar-refractivity contribution in [1.82, 2.24) is 4.98 Å². The number of rotatable bonds is 6. The summed E-state index contributed by atoms with van der Waals surface area (Å²) in [5.74, 6) is 0.762. The Bertz CT molecular complexity index is 862. The first-order chi connectivity index (χ1) is 12.1. The zero-order valence-corrected chi connectivity index (χ0v) is 16.1. The Morgan fingerprint density at radius 2 is 2.04 bits per heavy atom. The second-order valence-electron chi connectivity index (χ2n) is 5.34. The van der Waals surface area contributed by atoms with Gasteiger partial charge in [-0.3, -0.25) is 4.79 Å². The SMILES string of the molecule is CCOc1ccc(-c2nc(CC(=O)Nc3cccc(Br)c3)cs2)cc1. The van der Waals surface area contributed by atoms with Crippen LogP contribution in [0.2, 0.25) is 0 Å². The fourth-order valence-corrected chi connectivity index (χ4v) is 3.54. The van der Waals surface area contributed by atoms with Crippen molar-refractivity contribution in [3.05, 3.63) is 64.1 Å². The van der Waals surface area contributed by atoms with Crippen LogP contribution in [0.5, 0.6) is 5.75 Å². The van der Waals surface area contributed by atoms with E-state index in [0.717, 1.165) is 32.2 Å². The standard InChI is InChI=1S/C19H17BrN2O2S/c1-2-24-17-8-6-13(7-9-17)19-22-16(12-25-19)11-18(23)21-15-5-3-4-14(20)10-15/h3-10,12H,2,11H2,1H3,(H,21,23). The van der Waals surface area contributed by atoms with Crippen molar-refractivity contribution in [2.24, 2.45) is 0 Å². The van der Waals surface area contributed by atoms with Gasteiger partial charge in [0.1, 0.15) is 10.8 Å². The number of ether oxygens (including phenoxy) is 1. The largest absolute Gasteiger partial charge is 0.494 e. The van der Waals surface area contributed by atoms with Crippen molar-refractivity contribution >= 4 is 38.9 Å². The minimum Gasteiger partial charge on any atom is -0.494 e. The number of anilines is 1. The van der Waals surface area contributed by atoms with Gasteiger partial charge in [0, 0.05) is 21.1 Å². The number of nitrogens with zero attached hydrogens (tertiary/aromatic N) is 1. The topological polar surface area (TPSA) is 51.2 Å². The van der Waals surface area contributed by atoms with E-state index in [0.29, 0.717) is 6.61 Å². The molecule has 4 nitrogen and oxygen atoms in total. The molecule has 2 aromatic carbocycles. The lowest BCUT2D eigenvalue weighted by molar-refractivity contribution is -0.115. The van der Waals surface area contributed by atoms with E-state index >= 15 is 0 Å². The van der Waals surface area contributed by atoms with Gasteiger partial charge in [0.2, 0.25) is 5.91 Å². The molecular formula is C19H17BrN2O2S. The molecule has 0 unspecified atom stereocenters. The Labute approximate surface area is 159 Å². The average Bonchev–Trinajstić information content (AvgIpc) is 3.04. The van der Waals surface area contributed by atoms with E-state index in [-0.39, 0.29) is 12.3 Å². The van der Waals surface area contributed by atoms with E-state index in [9.17, 15) is 4.79 Å². The predicted molar refractivity (Wildman–Crippen MR) is 105 cm³/mol. The molecule has 1 aromatic heterocycles. The van der Waals surface area contributed by atoms with Gasteiger partial charge in [-0.1, -0.05) is 22.0 Å². The molecule has 0 fully saturated rings. The molecule has 0 saturated carbocycles. The van der Waals surface area contributed by atoms with Gasteiger partial charge in [0.15, 0.2) is 0 Å². The molecule has 0 bridgehead atoms. The van der Waals surface area contributed by atoms with E-state index < -0.39 is 0 Å². The highest BCUT2D eigenvalue weighted by Crippen LogP contribution is 2.26. The summed E-state index contributed by atoms with van der Waals surface area (Å²) in [7, 11) is 0. The molecule has 0 aliphatic rings. The molecule has 1 N–H and O–H groups in total. The lowest BCUT2D eigenvalue weighted by Crippen LogP contribution is -2.14. The lowest BCUT2D eigenvalue weighted by atomic mass is 10.2. The highest BCUT2D eigenvalue weighted by Gasteiger charge is 2.10. The summed E-state index contributed by atoms with van der Waals surface area (Å²) in [5, 5.41) is 5.70. The summed E-state index contributed by atoms with van der Waals surface area (Å²) in [6.45, 7) is 2.61. The third kappa shape index (κ3) is 4.90. The number of halogens is 1. The minimum atomic E-state index is -0.0818. The van der Waals surface area contributed by atoms with E-state index in [2.05, 4.69) is 26.2 Å². The van der Waals surface area contributed by atoms with Gasteiger partial charge in [-0.25, -0.2) is 4.98 Å². The molecule has 3 rings (SSSR count). The predicted octanol–water partition coefficient (Wildman–Crippen LogP) is 5.15. The first-order valence-electron chi connectivity index (χ1n) is 7.87. The molecule has 1 heterocycles. The molecule has 3 aromatic rings. The number of amides is 1. The number of hydrogen-bond acceptors (Lipinski definition) is 4. The van der Waals surface area contributed by atoms with E-state index in [1.165, 1.54) is 11.3 Å². The van der Waals surface area contributed by atoms with Crippen LogP contribution in [0.15, 0.2) is 58.4 Å². The van der Waals surface area contributed by atoms with Gasteiger partial charge in [-0.2, -0.15) is 0 Å². The molecule has 0 aliphatic heterocycles. The monoisotopic (exact) mass is 416 g/mol. The van der Waals surface area contributed by atoms with Crippen LogP contribution in [-0.4, -0.2) is 17.5 Å². The van der Waals surface area contributed by atoms with E-state index in [1.807, 2.05) is 60.8 Å². The third-order valence-electron chi connectivity index (χ3n) is 3.41. The van der Waals surface area contributed by atoms with Gasteiger partial charge < -0.3 is 10.1 Å². The molecule has 25 heavy (non-hydrogen) atoms. The zero-order chi connectivity index (χ0) is 17.6. The molecule has 0 atom stereocenters. The number of nitrogens with one attached hydrogen (secondary N) is 1. The quantitative estimate of drug-likeness (QED) is 0.603. The summed E-state index contributed by atoms with van der Waals surface area (Å²) in [6.07, 6.45) is 0.250. The van der Waals surface area contributed by atoms with Gasteiger partial charge in [0.05, 0.1) is 18.7 Å².